The highest BCUT2D eigenvalue weighted by Crippen LogP contribution is 2.08. The van der Waals surface area contributed by atoms with Crippen LogP contribution in [0, 0.1) is 0 Å². The van der Waals surface area contributed by atoms with Crippen molar-refractivity contribution in [1.29, 1.82) is 0 Å². The lowest BCUT2D eigenvalue weighted by Crippen LogP contribution is -2.07. The highest BCUT2D eigenvalue weighted by atomic mass is 16.5. The molecule has 0 rings (SSSR count). The van der Waals surface area contributed by atoms with Crippen molar-refractivity contribution in [3.63, 3.8) is 0 Å². The van der Waals surface area contributed by atoms with Crippen molar-refractivity contribution >= 4 is 11.9 Å². The molecular weight excluding hydrogens is 260 g/mol. The maximum atomic E-state index is 11.3. The first-order valence-corrected chi connectivity index (χ1v) is 7.62. The van der Waals surface area contributed by atoms with Crippen LogP contribution in [0.15, 0.2) is 0 Å². The van der Waals surface area contributed by atoms with Crippen LogP contribution in [0.5, 0.6) is 0 Å². The lowest BCUT2D eigenvalue weighted by atomic mass is 10.1. The molecule has 0 amide bonds. The summed E-state index contributed by atoms with van der Waals surface area (Å²) < 4.78 is 9.81. The average Bonchev–Trinajstić information content (AvgIpc) is 2.44. The largest absolute Gasteiger partial charge is 0.466 e. The zero-order valence-corrected chi connectivity index (χ0v) is 12.6. The summed E-state index contributed by atoms with van der Waals surface area (Å²) >= 11 is 0. The number of esters is 2. The first-order valence-electron chi connectivity index (χ1n) is 7.62. The Hall–Kier alpha value is -1.10. The van der Waals surface area contributed by atoms with Gasteiger partial charge in [0.25, 0.3) is 0 Å². The van der Waals surface area contributed by atoms with Gasteiger partial charge in [0.1, 0.15) is 6.61 Å². The molecule has 0 radical (unpaired) electrons. The maximum absolute atomic E-state index is 11.3. The van der Waals surface area contributed by atoms with Crippen LogP contribution in [0.25, 0.3) is 0 Å². The van der Waals surface area contributed by atoms with Crippen LogP contribution in [0.4, 0.5) is 0 Å². The molecule has 0 heterocycles. The Morgan fingerprint density at radius 1 is 0.800 bits per heavy atom. The molecule has 0 fully saturated rings. The third-order valence-electron chi connectivity index (χ3n) is 2.88. The van der Waals surface area contributed by atoms with Crippen LogP contribution < -0.4 is 0 Å². The Morgan fingerprint density at radius 2 is 1.30 bits per heavy atom. The van der Waals surface area contributed by atoms with E-state index >= 15 is 0 Å². The van der Waals surface area contributed by atoms with Crippen LogP contribution in [-0.2, 0) is 19.1 Å². The van der Waals surface area contributed by atoms with Gasteiger partial charge < -0.3 is 14.6 Å². The van der Waals surface area contributed by atoms with Gasteiger partial charge in [-0.25, -0.2) is 0 Å². The molecule has 0 saturated carbocycles. The molecule has 0 atom stereocenters. The Bertz CT molecular complexity index is 253. The average molecular weight is 288 g/mol. The third-order valence-corrected chi connectivity index (χ3v) is 2.88. The smallest absolute Gasteiger partial charge is 0.305 e. The molecule has 5 heteroatoms. The number of aliphatic hydroxyl groups is 1. The van der Waals surface area contributed by atoms with Crippen LogP contribution in [0.3, 0.4) is 0 Å². The van der Waals surface area contributed by atoms with Gasteiger partial charge in [0.15, 0.2) is 0 Å². The van der Waals surface area contributed by atoms with E-state index in [-0.39, 0.29) is 25.2 Å². The Kier molecular flexibility index (Phi) is 13.5. The van der Waals surface area contributed by atoms with Gasteiger partial charge in [-0.15, -0.1) is 0 Å². The van der Waals surface area contributed by atoms with Gasteiger partial charge in [-0.2, -0.15) is 0 Å². The fraction of sp³-hybridized carbons (Fsp3) is 0.867. The monoisotopic (exact) mass is 288 g/mol. The second kappa shape index (κ2) is 14.3. The second-order valence-corrected chi connectivity index (χ2v) is 4.79. The molecule has 0 aliphatic carbocycles. The van der Waals surface area contributed by atoms with Crippen LogP contribution in [-0.4, -0.2) is 36.9 Å². The second-order valence-electron chi connectivity index (χ2n) is 4.79. The van der Waals surface area contributed by atoms with E-state index in [4.69, 9.17) is 14.6 Å². The number of hydrogen-bond donors (Lipinski definition) is 1. The van der Waals surface area contributed by atoms with Gasteiger partial charge in [-0.1, -0.05) is 32.6 Å². The lowest BCUT2D eigenvalue weighted by molar-refractivity contribution is -0.145. The number of carbonyl (C=O) groups excluding carboxylic acids is 2. The SMILES string of the molecule is CCCCOC(=O)CCCCCCCC(=O)OCCO. The minimum Gasteiger partial charge on any atom is -0.466 e. The summed E-state index contributed by atoms with van der Waals surface area (Å²) in [6, 6.07) is 0. The summed E-state index contributed by atoms with van der Waals surface area (Å²) in [4.78, 5) is 22.4. The van der Waals surface area contributed by atoms with E-state index in [0.29, 0.717) is 19.4 Å². The molecular formula is C15H28O5. The Morgan fingerprint density at radius 3 is 1.80 bits per heavy atom. The quantitative estimate of drug-likeness (QED) is 0.416. The first kappa shape index (κ1) is 18.9. The molecule has 0 saturated heterocycles. The third kappa shape index (κ3) is 13.3. The Balaban J connectivity index is 3.23. The van der Waals surface area contributed by atoms with Gasteiger partial charge in [0.05, 0.1) is 13.2 Å². The van der Waals surface area contributed by atoms with Crippen molar-refractivity contribution < 1.29 is 24.2 Å². The minimum absolute atomic E-state index is 0.0823. The number of aliphatic hydroxyl groups excluding tert-OH is 1. The van der Waals surface area contributed by atoms with Gasteiger partial charge in [-0.3, -0.25) is 9.59 Å². The molecule has 0 aromatic rings. The van der Waals surface area contributed by atoms with E-state index in [1.807, 2.05) is 0 Å². The molecule has 0 bridgehead atoms. The normalized spacial score (nSPS) is 10.3. The molecule has 20 heavy (non-hydrogen) atoms. The molecule has 0 aromatic heterocycles. The predicted octanol–water partition coefficient (Wildman–Crippen LogP) is 2.60. The summed E-state index contributed by atoms with van der Waals surface area (Å²) in [5.74, 6) is -0.357. The van der Waals surface area contributed by atoms with Gasteiger partial charge in [-0.05, 0) is 19.3 Å². The highest BCUT2D eigenvalue weighted by molar-refractivity contribution is 5.69. The lowest BCUT2D eigenvalue weighted by Gasteiger charge is -2.04. The molecule has 0 unspecified atom stereocenters. The van der Waals surface area contributed by atoms with Crippen molar-refractivity contribution in [2.24, 2.45) is 0 Å². The molecule has 118 valence electrons. The van der Waals surface area contributed by atoms with Crippen molar-refractivity contribution in [3.8, 4) is 0 Å². The molecule has 0 aromatic carbocycles. The van der Waals surface area contributed by atoms with Crippen molar-refractivity contribution in [3.05, 3.63) is 0 Å². The van der Waals surface area contributed by atoms with Crippen molar-refractivity contribution in [1.82, 2.24) is 0 Å². The number of unbranched alkanes of at least 4 members (excludes halogenated alkanes) is 5. The number of carbonyl (C=O) groups is 2. The zero-order valence-electron chi connectivity index (χ0n) is 12.6. The van der Waals surface area contributed by atoms with E-state index in [1.54, 1.807) is 0 Å². The number of hydrogen-bond acceptors (Lipinski definition) is 5. The van der Waals surface area contributed by atoms with Crippen LogP contribution in [0.1, 0.15) is 64.7 Å². The van der Waals surface area contributed by atoms with E-state index in [2.05, 4.69) is 6.92 Å². The van der Waals surface area contributed by atoms with Crippen LogP contribution in [0.2, 0.25) is 0 Å². The molecule has 0 aliphatic rings. The van der Waals surface area contributed by atoms with E-state index in [9.17, 15) is 9.59 Å². The summed E-state index contributed by atoms with van der Waals surface area (Å²) in [7, 11) is 0. The highest BCUT2D eigenvalue weighted by Gasteiger charge is 2.03. The van der Waals surface area contributed by atoms with E-state index in [0.717, 1.165) is 44.9 Å². The molecule has 0 aliphatic heterocycles. The zero-order chi connectivity index (χ0) is 15.1. The summed E-state index contributed by atoms with van der Waals surface area (Å²) in [6.07, 6.45) is 7.45. The summed E-state index contributed by atoms with van der Waals surface area (Å²) in [5.41, 5.74) is 0. The van der Waals surface area contributed by atoms with E-state index < -0.39 is 0 Å². The van der Waals surface area contributed by atoms with Gasteiger partial charge in [0, 0.05) is 12.8 Å². The summed E-state index contributed by atoms with van der Waals surface area (Å²) in [5, 5.41) is 8.48. The van der Waals surface area contributed by atoms with Gasteiger partial charge in [0.2, 0.25) is 0 Å². The topological polar surface area (TPSA) is 72.8 Å². The van der Waals surface area contributed by atoms with E-state index in [1.165, 1.54) is 0 Å². The minimum atomic E-state index is -0.251. The number of ether oxygens (including phenoxy) is 2. The molecule has 1 N–H and O–H groups in total. The predicted molar refractivity (Wildman–Crippen MR) is 76.2 cm³/mol. The number of rotatable bonds is 13. The fourth-order valence-electron chi connectivity index (χ4n) is 1.70. The first-order chi connectivity index (χ1) is 9.70. The summed E-state index contributed by atoms with van der Waals surface area (Å²) in [6.45, 7) is 2.55. The fourth-order valence-corrected chi connectivity index (χ4v) is 1.70. The molecule has 0 spiro atoms. The standard InChI is InChI=1S/C15H28O5/c1-2-3-12-19-14(17)9-7-5-4-6-8-10-15(18)20-13-11-16/h16H,2-13H2,1H3. The van der Waals surface area contributed by atoms with Crippen molar-refractivity contribution in [2.45, 2.75) is 64.7 Å². The van der Waals surface area contributed by atoms with Crippen LogP contribution >= 0.6 is 0 Å². The van der Waals surface area contributed by atoms with Gasteiger partial charge >= 0.3 is 11.9 Å². The Labute approximate surface area is 121 Å². The maximum Gasteiger partial charge on any atom is 0.305 e. The molecule has 5 nitrogen and oxygen atoms in total. The van der Waals surface area contributed by atoms with Crippen molar-refractivity contribution in [2.75, 3.05) is 19.8 Å².